The zero-order valence-electron chi connectivity index (χ0n) is 14.9. The Bertz CT molecular complexity index is 554. The van der Waals surface area contributed by atoms with Crippen LogP contribution in [0.3, 0.4) is 0 Å². The van der Waals surface area contributed by atoms with Gasteiger partial charge in [0.1, 0.15) is 5.75 Å². The van der Waals surface area contributed by atoms with E-state index in [9.17, 15) is 8.42 Å². The predicted octanol–water partition coefficient (Wildman–Crippen LogP) is 2.45. The van der Waals surface area contributed by atoms with Gasteiger partial charge in [0.05, 0.1) is 11.9 Å². The van der Waals surface area contributed by atoms with E-state index in [1.807, 2.05) is 45.3 Å². The summed E-state index contributed by atoms with van der Waals surface area (Å²) in [5.74, 6) is 0.966. The molecule has 1 atom stereocenters. The van der Waals surface area contributed by atoms with Crippen LogP contribution in [0.5, 0.6) is 5.75 Å². The average molecular weight is 343 g/mol. The molecule has 132 valence electrons. The molecule has 0 aliphatic heterocycles. The molecule has 1 N–H and O–H groups in total. The van der Waals surface area contributed by atoms with E-state index in [0.717, 1.165) is 24.3 Å². The van der Waals surface area contributed by atoms with E-state index in [-0.39, 0.29) is 5.92 Å². The summed E-state index contributed by atoms with van der Waals surface area (Å²) in [6, 6.07) is 7.88. The summed E-state index contributed by atoms with van der Waals surface area (Å²) in [6.07, 6.45) is 0.988. The Kier molecular flexibility index (Phi) is 8.02. The number of ether oxygens (including phenoxy) is 1. The highest BCUT2D eigenvalue weighted by atomic mass is 32.2. The molecule has 0 saturated carbocycles. The maximum atomic E-state index is 11.8. The first kappa shape index (κ1) is 19.9. The minimum atomic E-state index is -3.21. The highest BCUT2D eigenvalue weighted by Gasteiger charge is 2.16. The normalized spacial score (nSPS) is 13.5. The zero-order valence-corrected chi connectivity index (χ0v) is 15.7. The van der Waals surface area contributed by atoms with E-state index in [4.69, 9.17) is 4.74 Å². The number of benzene rings is 1. The maximum absolute atomic E-state index is 11.8. The lowest BCUT2D eigenvalue weighted by molar-refractivity contribution is 0.281. The van der Waals surface area contributed by atoms with E-state index < -0.39 is 15.3 Å². The Labute approximate surface area is 141 Å². The van der Waals surface area contributed by atoms with Crippen LogP contribution in [-0.4, -0.2) is 52.4 Å². The Hall–Kier alpha value is -1.11. The van der Waals surface area contributed by atoms with Crippen LogP contribution in [0.15, 0.2) is 24.3 Å². The van der Waals surface area contributed by atoms with Crippen molar-refractivity contribution in [2.75, 3.05) is 33.8 Å². The highest BCUT2D eigenvalue weighted by molar-refractivity contribution is 7.90. The summed E-state index contributed by atoms with van der Waals surface area (Å²) >= 11 is 0. The minimum Gasteiger partial charge on any atom is -0.494 e. The fourth-order valence-corrected chi connectivity index (χ4v) is 2.80. The monoisotopic (exact) mass is 342 g/mol. The summed E-state index contributed by atoms with van der Waals surface area (Å²) in [5, 5.41) is -0.410. The minimum absolute atomic E-state index is 0.117. The summed E-state index contributed by atoms with van der Waals surface area (Å²) in [5.41, 5.74) is 1.09. The molecule has 0 heterocycles. The summed E-state index contributed by atoms with van der Waals surface area (Å²) in [7, 11) is 0.881. The lowest BCUT2D eigenvalue weighted by Crippen LogP contribution is -2.33. The molecule has 0 fully saturated rings. The highest BCUT2D eigenvalue weighted by Crippen LogP contribution is 2.19. The Morgan fingerprint density at radius 1 is 1.13 bits per heavy atom. The Morgan fingerprint density at radius 3 is 2.26 bits per heavy atom. The van der Waals surface area contributed by atoms with Crippen LogP contribution in [0.1, 0.15) is 38.7 Å². The van der Waals surface area contributed by atoms with Gasteiger partial charge < -0.3 is 9.64 Å². The molecule has 1 aromatic rings. The van der Waals surface area contributed by atoms with Crippen molar-refractivity contribution in [2.24, 2.45) is 0 Å². The fourth-order valence-electron chi connectivity index (χ4n) is 1.99. The summed E-state index contributed by atoms with van der Waals surface area (Å²) in [6.45, 7) is 7.47. The first-order valence-corrected chi connectivity index (χ1v) is 9.63. The molecule has 0 aromatic heterocycles. The van der Waals surface area contributed by atoms with Gasteiger partial charge in [-0.25, -0.2) is 13.1 Å². The van der Waals surface area contributed by atoms with E-state index >= 15 is 0 Å². The van der Waals surface area contributed by atoms with Crippen molar-refractivity contribution in [3.63, 3.8) is 0 Å². The first-order valence-electron chi connectivity index (χ1n) is 8.08. The van der Waals surface area contributed by atoms with Crippen molar-refractivity contribution < 1.29 is 13.2 Å². The second-order valence-electron chi connectivity index (χ2n) is 6.42. The molecule has 0 radical (unpaired) electrons. The molecule has 0 amide bonds. The second kappa shape index (κ2) is 9.25. The van der Waals surface area contributed by atoms with Crippen molar-refractivity contribution in [2.45, 2.75) is 38.4 Å². The molecule has 1 unspecified atom stereocenters. The lowest BCUT2D eigenvalue weighted by Gasteiger charge is -2.16. The third kappa shape index (κ3) is 7.33. The molecule has 23 heavy (non-hydrogen) atoms. The number of hydrogen-bond donors (Lipinski definition) is 1. The topological polar surface area (TPSA) is 58.6 Å². The lowest BCUT2D eigenvalue weighted by atomic mass is 10.0. The van der Waals surface area contributed by atoms with Crippen molar-refractivity contribution >= 4 is 10.0 Å². The molecule has 0 aliphatic rings. The van der Waals surface area contributed by atoms with Gasteiger partial charge >= 0.3 is 0 Å². The largest absolute Gasteiger partial charge is 0.494 e. The van der Waals surface area contributed by atoms with Gasteiger partial charge in [0.15, 0.2) is 0 Å². The molecular formula is C17H30N2O3S. The molecule has 1 aromatic carbocycles. The van der Waals surface area contributed by atoms with E-state index in [0.29, 0.717) is 13.2 Å². The fraction of sp³-hybridized carbons (Fsp3) is 0.647. The second-order valence-corrected chi connectivity index (χ2v) is 8.74. The van der Waals surface area contributed by atoms with Gasteiger partial charge in [-0.1, -0.05) is 19.1 Å². The first-order chi connectivity index (χ1) is 10.7. The van der Waals surface area contributed by atoms with Crippen molar-refractivity contribution in [3.05, 3.63) is 29.8 Å². The van der Waals surface area contributed by atoms with Crippen LogP contribution in [0, 0.1) is 0 Å². The molecule has 0 bridgehead atoms. The molecule has 0 saturated heterocycles. The summed E-state index contributed by atoms with van der Waals surface area (Å²) < 4.78 is 31.9. The van der Waals surface area contributed by atoms with Gasteiger partial charge in [-0.15, -0.1) is 0 Å². The van der Waals surface area contributed by atoms with Gasteiger partial charge in [-0.05, 0) is 58.0 Å². The quantitative estimate of drug-likeness (QED) is 0.664. The van der Waals surface area contributed by atoms with Crippen LogP contribution < -0.4 is 9.46 Å². The van der Waals surface area contributed by atoms with Gasteiger partial charge in [0.2, 0.25) is 10.0 Å². The standard InChI is InChI=1S/C17H30N2O3S/c1-14(2)23(20,21)18-13-15(3)16-7-9-17(10-8-16)22-12-6-11-19(4)5/h7-10,14-15,18H,6,11-13H2,1-5H3. The average Bonchev–Trinajstić information content (AvgIpc) is 2.49. The van der Waals surface area contributed by atoms with Crippen molar-refractivity contribution in [1.29, 1.82) is 0 Å². The number of sulfonamides is 1. The summed E-state index contributed by atoms with van der Waals surface area (Å²) in [4.78, 5) is 2.13. The molecule has 5 nitrogen and oxygen atoms in total. The molecule has 1 rings (SSSR count). The van der Waals surface area contributed by atoms with Gasteiger partial charge in [-0.3, -0.25) is 0 Å². The molecule has 6 heteroatoms. The molecule has 0 aliphatic carbocycles. The van der Waals surface area contributed by atoms with Crippen molar-refractivity contribution in [1.82, 2.24) is 9.62 Å². The Balaban J connectivity index is 2.46. The van der Waals surface area contributed by atoms with Crippen LogP contribution in [0.2, 0.25) is 0 Å². The third-order valence-corrected chi connectivity index (χ3v) is 5.49. The van der Waals surface area contributed by atoms with Crippen LogP contribution in [0.4, 0.5) is 0 Å². The Morgan fingerprint density at radius 2 is 1.74 bits per heavy atom. The van der Waals surface area contributed by atoms with Gasteiger partial charge in [0, 0.05) is 13.1 Å². The van der Waals surface area contributed by atoms with Crippen LogP contribution >= 0.6 is 0 Å². The van der Waals surface area contributed by atoms with E-state index in [1.54, 1.807) is 13.8 Å². The molecular weight excluding hydrogens is 312 g/mol. The zero-order chi connectivity index (χ0) is 17.5. The number of nitrogens with zero attached hydrogens (tertiary/aromatic N) is 1. The van der Waals surface area contributed by atoms with Gasteiger partial charge in [0.25, 0.3) is 0 Å². The number of hydrogen-bond acceptors (Lipinski definition) is 4. The SMILES string of the molecule is CC(CNS(=O)(=O)C(C)C)c1ccc(OCCCN(C)C)cc1. The molecule has 0 spiro atoms. The third-order valence-electron chi connectivity index (χ3n) is 3.68. The van der Waals surface area contributed by atoms with Crippen LogP contribution in [0.25, 0.3) is 0 Å². The number of nitrogens with one attached hydrogen (secondary N) is 1. The van der Waals surface area contributed by atoms with E-state index in [1.165, 1.54) is 0 Å². The number of rotatable bonds is 10. The van der Waals surface area contributed by atoms with E-state index in [2.05, 4.69) is 9.62 Å². The predicted molar refractivity (Wildman–Crippen MR) is 95.6 cm³/mol. The van der Waals surface area contributed by atoms with Gasteiger partial charge in [-0.2, -0.15) is 0 Å². The maximum Gasteiger partial charge on any atom is 0.213 e. The van der Waals surface area contributed by atoms with Crippen molar-refractivity contribution in [3.8, 4) is 5.75 Å². The smallest absolute Gasteiger partial charge is 0.213 e. The van der Waals surface area contributed by atoms with Crippen LogP contribution in [-0.2, 0) is 10.0 Å².